The van der Waals surface area contributed by atoms with Crippen molar-refractivity contribution < 1.29 is 14.0 Å². The fraction of sp³-hybridized carbons (Fsp3) is 0.692. The topological polar surface area (TPSA) is 61.4 Å². The number of benzene rings is 1. The predicted molar refractivity (Wildman–Crippen MR) is 126 cm³/mol. The van der Waals surface area contributed by atoms with Gasteiger partial charge in [0.05, 0.1) is 6.42 Å². The van der Waals surface area contributed by atoms with E-state index in [1.807, 2.05) is 0 Å². The number of rotatable bonds is 12. The first-order valence-corrected chi connectivity index (χ1v) is 12.6. The summed E-state index contributed by atoms with van der Waals surface area (Å²) in [7, 11) is 0. The molecular weight excluding hydrogens is 405 g/mol. The Morgan fingerprint density at radius 3 is 2.00 bits per heavy atom. The largest absolute Gasteiger partial charge is 0.342 e. The normalized spacial score (nSPS) is 18.1. The predicted octanol–water partition coefficient (Wildman–Crippen LogP) is 4.18. The molecule has 0 atom stereocenters. The number of carbonyl (C=O) groups is 2. The molecule has 0 aromatic heterocycles. The Kier molecular flexibility index (Phi) is 10.6. The van der Waals surface area contributed by atoms with Crippen LogP contribution in [0.1, 0.15) is 74.6 Å². The van der Waals surface area contributed by atoms with Crippen LogP contribution >= 0.6 is 0 Å². The quantitative estimate of drug-likeness (QED) is 0.288. The number of ketones is 1. The van der Waals surface area contributed by atoms with Crippen LogP contribution in [-0.2, 0) is 4.79 Å². The molecule has 3 rings (SSSR count). The van der Waals surface area contributed by atoms with E-state index in [4.69, 9.17) is 0 Å². The lowest BCUT2D eigenvalue weighted by atomic mass is 9.89. The second kappa shape index (κ2) is 13.7. The molecule has 0 spiro atoms. The first kappa shape index (κ1) is 24.8. The minimum Gasteiger partial charge on any atom is -0.342 e. The van der Waals surface area contributed by atoms with Crippen molar-refractivity contribution in [3.05, 3.63) is 35.6 Å². The second-order valence-corrected chi connectivity index (χ2v) is 9.55. The molecule has 0 radical (unpaired) electrons. The van der Waals surface area contributed by atoms with Crippen molar-refractivity contribution in [1.82, 2.24) is 15.5 Å². The lowest BCUT2D eigenvalue weighted by molar-refractivity contribution is -0.131. The van der Waals surface area contributed by atoms with Gasteiger partial charge in [-0.3, -0.25) is 9.59 Å². The molecule has 0 unspecified atom stereocenters. The van der Waals surface area contributed by atoms with Gasteiger partial charge in [0.1, 0.15) is 5.82 Å². The number of carbonyl (C=O) groups excluding carboxylic acids is 2. The Balaban J connectivity index is 1.19. The average molecular weight is 446 g/mol. The molecule has 1 aliphatic heterocycles. The Labute approximate surface area is 192 Å². The van der Waals surface area contributed by atoms with Crippen LogP contribution in [0.25, 0.3) is 0 Å². The van der Waals surface area contributed by atoms with Crippen LogP contribution in [0.15, 0.2) is 24.3 Å². The van der Waals surface area contributed by atoms with Crippen molar-refractivity contribution in [3.63, 3.8) is 0 Å². The van der Waals surface area contributed by atoms with Gasteiger partial charge in [0, 0.05) is 18.7 Å². The third-order valence-corrected chi connectivity index (χ3v) is 6.99. The third kappa shape index (κ3) is 8.62. The molecule has 1 saturated carbocycles. The highest BCUT2D eigenvalue weighted by Crippen LogP contribution is 2.22. The maximum Gasteiger partial charge on any atom is 0.230 e. The van der Waals surface area contributed by atoms with Crippen molar-refractivity contribution in [3.8, 4) is 0 Å². The van der Waals surface area contributed by atoms with Gasteiger partial charge in [-0.05, 0) is 101 Å². The van der Waals surface area contributed by atoms with Crippen molar-refractivity contribution in [2.45, 2.75) is 64.2 Å². The monoisotopic (exact) mass is 445 g/mol. The smallest absolute Gasteiger partial charge is 0.230 e. The number of piperidine rings is 1. The van der Waals surface area contributed by atoms with E-state index in [0.29, 0.717) is 24.6 Å². The van der Waals surface area contributed by atoms with Gasteiger partial charge in [0.15, 0.2) is 5.78 Å². The molecule has 1 aliphatic carbocycles. The van der Waals surface area contributed by atoms with Crippen LogP contribution in [0, 0.1) is 17.7 Å². The van der Waals surface area contributed by atoms with E-state index in [-0.39, 0.29) is 23.9 Å². The first-order valence-electron chi connectivity index (χ1n) is 12.6. The average Bonchev–Trinajstić information content (AvgIpc) is 2.82. The molecule has 1 saturated heterocycles. The molecule has 1 aromatic rings. The van der Waals surface area contributed by atoms with Gasteiger partial charge in [-0.1, -0.05) is 19.3 Å². The van der Waals surface area contributed by atoms with Crippen LogP contribution in [-0.4, -0.2) is 55.9 Å². The first-order chi connectivity index (χ1) is 15.6. The SMILES string of the molecule is O=C(CC(=O)N1CCC(CNCCCCNCC2CCCCC2)CC1)c1ccc(F)cc1. The highest BCUT2D eigenvalue weighted by molar-refractivity contribution is 6.07. The zero-order valence-electron chi connectivity index (χ0n) is 19.4. The van der Waals surface area contributed by atoms with Gasteiger partial charge < -0.3 is 15.5 Å². The van der Waals surface area contributed by atoms with Gasteiger partial charge >= 0.3 is 0 Å². The minimum absolute atomic E-state index is 0.119. The Bertz CT molecular complexity index is 696. The molecule has 5 nitrogen and oxygen atoms in total. The van der Waals surface area contributed by atoms with Gasteiger partial charge in [-0.2, -0.15) is 0 Å². The molecule has 2 N–H and O–H groups in total. The van der Waals surface area contributed by atoms with Crippen molar-refractivity contribution in [2.75, 3.05) is 39.3 Å². The van der Waals surface area contributed by atoms with Crippen LogP contribution in [0.5, 0.6) is 0 Å². The second-order valence-electron chi connectivity index (χ2n) is 9.55. The van der Waals surface area contributed by atoms with Crippen LogP contribution in [0.3, 0.4) is 0 Å². The number of nitrogens with zero attached hydrogens (tertiary/aromatic N) is 1. The number of halogens is 1. The molecular formula is C26H40FN3O2. The number of hydrogen-bond donors (Lipinski definition) is 2. The van der Waals surface area contributed by atoms with Gasteiger partial charge in [0.2, 0.25) is 5.91 Å². The Morgan fingerprint density at radius 2 is 1.41 bits per heavy atom. The van der Waals surface area contributed by atoms with E-state index < -0.39 is 0 Å². The third-order valence-electron chi connectivity index (χ3n) is 6.99. The molecule has 178 valence electrons. The van der Waals surface area contributed by atoms with Crippen molar-refractivity contribution in [1.29, 1.82) is 0 Å². The summed E-state index contributed by atoms with van der Waals surface area (Å²) in [5, 5.41) is 7.21. The zero-order valence-corrected chi connectivity index (χ0v) is 19.4. The van der Waals surface area contributed by atoms with Crippen LogP contribution in [0.2, 0.25) is 0 Å². The van der Waals surface area contributed by atoms with E-state index in [1.54, 1.807) is 4.90 Å². The number of nitrogens with one attached hydrogen (secondary N) is 2. The summed E-state index contributed by atoms with van der Waals surface area (Å²) >= 11 is 0. The minimum atomic E-state index is -0.380. The van der Waals surface area contributed by atoms with E-state index in [2.05, 4.69) is 10.6 Å². The van der Waals surface area contributed by atoms with Crippen molar-refractivity contribution >= 4 is 11.7 Å². The van der Waals surface area contributed by atoms with Gasteiger partial charge in [-0.15, -0.1) is 0 Å². The maximum atomic E-state index is 13.0. The molecule has 1 heterocycles. The fourth-order valence-corrected chi connectivity index (χ4v) is 4.88. The van der Waals surface area contributed by atoms with Crippen LogP contribution in [0.4, 0.5) is 4.39 Å². The lowest BCUT2D eigenvalue weighted by Gasteiger charge is -2.32. The molecule has 2 aliphatic rings. The highest BCUT2D eigenvalue weighted by Gasteiger charge is 2.24. The molecule has 1 amide bonds. The summed E-state index contributed by atoms with van der Waals surface area (Å²) in [5.74, 6) is 0.755. The van der Waals surface area contributed by atoms with Gasteiger partial charge in [-0.25, -0.2) is 4.39 Å². The standard InChI is InChI=1S/C26H40FN3O2/c27-24-10-8-23(9-11-24)25(31)18-26(32)30-16-12-22(13-17-30)20-29-15-5-4-14-28-19-21-6-2-1-3-7-21/h8-11,21-22,28-29H,1-7,12-20H2. The van der Waals surface area contributed by atoms with Crippen LogP contribution < -0.4 is 10.6 Å². The fourth-order valence-electron chi connectivity index (χ4n) is 4.88. The summed E-state index contributed by atoms with van der Waals surface area (Å²) in [6, 6.07) is 5.39. The summed E-state index contributed by atoms with van der Waals surface area (Å²) < 4.78 is 13.0. The lowest BCUT2D eigenvalue weighted by Crippen LogP contribution is -2.41. The number of amides is 1. The number of hydrogen-bond acceptors (Lipinski definition) is 4. The van der Waals surface area contributed by atoms with E-state index >= 15 is 0 Å². The Morgan fingerprint density at radius 1 is 0.844 bits per heavy atom. The summed E-state index contributed by atoms with van der Waals surface area (Å²) in [5.41, 5.74) is 0.392. The maximum absolute atomic E-state index is 13.0. The molecule has 1 aromatic carbocycles. The number of unbranched alkanes of at least 4 members (excludes halogenated alkanes) is 1. The van der Waals surface area contributed by atoms with E-state index in [1.165, 1.54) is 75.8 Å². The van der Waals surface area contributed by atoms with E-state index in [0.717, 1.165) is 38.4 Å². The number of likely N-dealkylation sites (tertiary alicyclic amines) is 1. The summed E-state index contributed by atoms with van der Waals surface area (Å²) in [6.07, 6.45) is 11.3. The van der Waals surface area contributed by atoms with Crippen molar-refractivity contribution in [2.24, 2.45) is 11.8 Å². The molecule has 0 bridgehead atoms. The molecule has 2 fully saturated rings. The number of Topliss-reactive ketones (excluding diaryl/α,β-unsaturated/α-hetero) is 1. The van der Waals surface area contributed by atoms with Gasteiger partial charge in [0.25, 0.3) is 0 Å². The highest BCUT2D eigenvalue weighted by atomic mass is 19.1. The molecule has 6 heteroatoms. The summed E-state index contributed by atoms with van der Waals surface area (Å²) in [4.78, 5) is 26.5. The summed E-state index contributed by atoms with van der Waals surface area (Å²) in [6.45, 7) is 5.80. The van der Waals surface area contributed by atoms with E-state index in [9.17, 15) is 14.0 Å². The Hall–Kier alpha value is -1.79. The zero-order chi connectivity index (χ0) is 22.6. The molecule has 32 heavy (non-hydrogen) atoms.